The number of hydrogen-bond donors (Lipinski definition) is 2. The number of aromatic nitrogens is 3. The molecule has 35 heavy (non-hydrogen) atoms. The maximum atomic E-state index is 14.9. The van der Waals surface area contributed by atoms with Gasteiger partial charge >= 0.3 is 0 Å². The SMILES string of the molecule is Cc1noc(NS(=O)(=O)c2ccc(Nc3nccc(-c4cccc(OC(C)C)c4F)n3)cc2)c1C. The fourth-order valence-corrected chi connectivity index (χ4v) is 4.21. The maximum absolute atomic E-state index is 14.9. The van der Waals surface area contributed by atoms with Gasteiger partial charge in [0.05, 0.1) is 22.4 Å². The summed E-state index contributed by atoms with van der Waals surface area (Å²) in [7, 11) is -3.87. The second-order valence-electron chi connectivity index (χ2n) is 8.03. The number of sulfonamides is 1. The van der Waals surface area contributed by atoms with E-state index >= 15 is 0 Å². The number of anilines is 3. The van der Waals surface area contributed by atoms with Crippen molar-refractivity contribution in [3.8, 4) is 17.0 Å². The number of nitrogens with one attached hydrogen (secondary N) is 2. The highest BCUT2D eigenvalue weighted by Gasteiger charge is 2.19. The molecule has 2 N–H and O–H groups in total. The van der Waals surface area contributed by atoms with Gasteiger partial charge in [-0.05, 0) is 70.2 Å². The molecule has 4 rings (SSSR count). The van der Waals surface area contributed by atoms with Gasteiger partial charge in [0.1, 0.15) is 0 Å². The predicted molar refractivity (Wildman–Crippen MR) is 130 cm³/mol. The van der Waals surface area contributed by atoms with Gasteiger partial charge in [-0.1, -0.05) is 11.2 Å². The summed E-state index contributed by atoms with van der Waals surface area (Å²) in [6.45, 7) is 7.08. The lowest BCUT2D eigenvalue weighted by molar-refractivity contribution is 0.231. The van der Waals surface area contributed by atoms with Crippen molar-refractivity contribution < 1.29 is 22.1 Å². The van der Waals surface area contributed by atoms with E-state index in [1.54, 1.807) is 50.2 Å². The number of nitrogens with zero attached hydrogens (tertiary/aromatic N) is 3. The second-order valence-corrected chi connectivity index (χ2v) is 9.71. The van der Waals surface area contributed by atoms with Crippen molar-refractivity contribution in [3.63, 3.8) is 0 Å². The molecule has 0 aliphatic heterocycles. The topological polar surface area (TPSA) is 119 Å². The molecular formula is C24H24FN5O4S. The molecule has 2 aromatic carbocycles. The lowest BCUT2D eigenvalue weighted by Gasteiger charge is -2.13. The minimum absolute atomic E-state index is 0.0372. The van der Waals surface area contributed by atoms with Gasteiger partial charge in [0, 0.05) is 23.0 Å². The molecule has 0 fully saturated rings. The largest absolute Gasteiger partial charge is 0.488 e. The number of hydrogen-bond acceptors (Lipinski definition) is 8. The first-order chi connectivity index (χ1) is 16.6. The van der Waals surface area contributed by atoms with Gasteiger partial charge < -0.3 is 14.6 Å². The minimum Gasteiger partial charge on any atom is -0.488 e. The Kier molecular flexibility index (Phi) is 6.70. The van der Waals surface area contributed by atoms with E-state index in [4.69, 9.17) is 9.26 Å². The fraction of sp³-hybridized carbons (Fsp3) is 0.208. The Bertz CT molecular complexity index is 1450. The Morgan fingerprint density at radius 1 is 1.06 bits per heavy atom. The van der Waals surface area contributed by atoms with Crippen LogP contribution >= 0.6 is 0 Å². The Labute approximate surface area is 202 Å². The van der Waals surface area contributed by atoms with Crippen molar-refractivity contribution >= 4 is 27.5 Å². The normalized spacial score (nSPS) is 11.5. The van der Waals surface area contributed by atoms with Crippen LogP contribution in [0.4, 0.5) is 21.9 Å². The highest BCUT2D eigenvalue weighted by molar-refractivity contribution is 7.92. The van der Waals surface area contributed by atoms with E-state index < -0.39 is 15.8 Å². The van der Waals surface area contributed by atoms with E-state index in [1.165, 1.54) is 18.3 Å². The van der Waals surface area contributed by atoms with Gasteiger partial charge in [0.25, 0.3) is 10.0 Å². The minimum atomic E-state index is -3.87. The van der Waals surface area contributed by atoms with Gasteiger partial charge in [-0.25, -0.2) is 27.5 Å². The number of aryl methyl sites for hydroxylation is 1. The van der Waals surface area contributed by atoms with Crippen LogP contribution in [0.2, 0.25) is 0 Å². The van der Waals surface area contributed by atoms with E-state index in [0.717, 1.165) is 0 Å². The summed E-state index contributed by atoms with van der Waals surface area (Å²) in [6, 6.07) is 12.5. The first-order valence-electron chi connectivity index (χ1n) is 10.8. The average Bonchev–Trinajstić information content (AvgIpc) is 3.12. The Hall–Kier alpha value is -3.99. The first kappa shape index (κ1) is 24.1. The van der Waals surface area contributed by atoms with Gasteiger partial charge in [0.2, 0.25) is 11.8 Å². The summed E-state index contributed by atoms with van der Waals surface area (Å²) >= 11 is 0. The van der Waals surface area contributed by atoms with Crippen molar-refractivity contribution in [2.45, 2.75) is 38.7 Å². The molecule has 2 aromatic heterocycles. The molecule has 11 heteroatoms. The summed E-state index contributed by atoms with van der Waals surface area (Å²) in [5, 5.41) is 6.75. The van der Waals surface area contributed by atoms with Gasteiger partial charge in [-0.3, -0.25) is 0 Å². The quantitative estimate of drug-likeness (QED) is 0.340. The lowest BCUT2D eigenvalue weighted by Crippen LogP contribution is -2.13. The van der Waals surface area contributed by atoms with Crippen LogP contribution in [0.3, 0.4) is 0 Å². The highest BCUT2D eigenvalue weighted by Crippen LogP contribution is 2.29. The van der Waals surface area contributed by atoms with E-state index in [9.17, 15) is 12.8 Å². The zero-order chi connectivity index (χ0) is 25.2. The third-order valence-corrected chi connectivity index (χ3v) is 6.41. The molecule has 0 bridgehead atoms. The number of ether oxygens (including phenoxy) is 1. The van der Waals surface area contributed by atoms with E-state index in [2.05, 4.69) is 25.2 Å². The maximum Gasteiger partial charge on any atom is 0.264 e. The molecule has 0 aliphatic rings. The number of halogens is 1. The molecule has 0 unspecified atom stereocenters. The van der Waals surface area contributed by atoms with Crippen LogP contribution in [0.1, 0.15) is 25.1 Å². The molecule has 0 radical (unpaired) electrons. The van der Waals surface area contributed by atoms with Crippen LogP contribution in [-0.4, -0.2) is 29.6 Å². The molecule has 4 aromatic rings. The van der Waals surface area contributed by atoms with Crippen LogP contribution in [0.5, 0.6) is 5.75 Å². The summed E-state index contributed by atoms with van der Waals surface area (Å²) in [5.74, 6) is -0.0691. The van der Waals surface area contributed by atoms with E-state index in [1.807, 2.05) is 13.8 Å². The van der Waals surface area contributed by atoms with Crippen LogP contribution < -0.4 is 14.8 Å². The van der Waals surface area contributed by atoms with E-state index in [0.29, 0.717) is 22.6 Å². The van der Waals surface area contributed by atoms with Gasteiger partial charge in [-0.2, -0.15) is 0 Å². The average molecular weight is 498 g/mol. The van der Waals surface area contributed by atoms with Gasteiger partial charge in [-0.15, -0.1) is 0 Å². The lowest BCUT2D eigenvalue weighted by atomic mass is 10.1. The monoisotopic (exact) mass is 497 g/mol. The molecule has 0 amide bonds. The Balaban J connectivity index is 1.52. The molecular weight excluding hydrogens is 473 g/mol. The van der Waals surface area contributed by atoms with Gasteiger partial charge in [0.15, 0.2) is 11.6 Å². The zero-order valence-electron chi connectivity index (χ0n) is 19.5. The molecule has 0 saturated heterocycles. The van der Waals surface area contributed by atoms with Crippen LogP contribution in [-0.2, 0) is 10.0 Å². The molecule has 2 heterocycles. The first-order valence-corrected chi connectivity index (χ1v) is 12.2. The summed E-state index contributed by atoms with van der Waals surface area (Å²) in [4.78, 5) is 8.60. The zero-order valence-corrected chi connectivity index (χ0v) is 20.4. The van der Waals surface area contributed by atoms with Crippen molar-refractivity contribution in [3.05, 3.63) is 71.8 Å². The summed E-state index contributed by atoms with van der Waals surface area (Å²) in [5.41, 5.74) is 2.41. The summed E-state index contributed by atoms with van der Waals surface area (Å²) < 4.78 is 53.2. The van der Waals surface area contributed by atoms with Crippen LogP contribution in [0.25, 0.3) is 11.3 Å². The third kappa shape index (κ3) is 5.40. The van der Waals surface area contributed by atoms with Crippen molar-refractivity contribution in [1.29, 1.82) is 0 Å². The Morgan fingerprint density at radius 3 is 2.46 bits per heavy atom. The van der Waals surface area contributed by atoms with Crippen molar-refractivity contribution in [2.75, 3.05) is 10.0 Å². The molecule has 9 nitrogen and oxygen atoms in total. The standard InChI is InChI=1S/C24H24FN5O4S/c1-14(2)33-21-7-5-6-19(22(21)25)20-12-13-26-24(28-20)27-17-8-10-18(11-9-17)35(31,32)30-23-15(3)16(4)29-34-23/h5-14,30H,1-4H3,(H,26,27,28). The smallest absolute Gasteiger partial charge is 0.264 e. The van der Waals surface area contributed by atoms with E-state index in [-0.39, 0.29) is 34.1 Å². The van der Waals surface area contributed by atoms with Crippen molar-refractivity contribution in [1.82, 2.24) is 15.1 Å². The fourth-order valence-electron chi connectivity index (χ4n) is 3.16. The Morgan fingerprint density at radius 2 is 1.80 bits per heavy atom. The molecule has 0 spiro atoms. The highest BCUT2D eigenvalue weighted by atomic mass is 32.2. The molecule has 0 saturated carbocycles. The molecule has 0 atom stereocenters. The predicted octanol–water partition coefficient (Wildman–Crippen LogP) is 5.22. The third-order valence-electron chi connectivity index (χ3n) is 5.06. The molecule has 182 valence electrons. The van der Waals surface area contributed by atoms with Crippen molar-refractivity contribution in [2.24, 2.45) is 0 Å². The number of benzene rings is 2. The molecule has 0 aliphatic carbocycles. The second kappa shape index (κ2) is 9.71. The van der Waals surface area contributed by atoms with Crippen LogP contribution in [0.15, 0.2) is 64.1 Å². The number of rotatable bonds is 8. The summed E-state index contributed by atoms with van der Waals surface area (Å²) in [6.07, 6.45) is 1.33. The van der Waals surface area contributed by atoms with Crippen LogP contribution in [0, 0.1) is 19.7 Å².